The van der Waals surface area contributed by atoms with Gasteiger partial charge in [-0.25, -0.2) is 4.79 Å². The van der Waals surface area contributed by atoms with Crippen LogP contribution in [-0.4, -0.2) is 41.8 Å². The summed E-state index contributed by atoms with van der Waals surface area (Å²) in [6.07, 6.45) is 3.85. The van der Waals surface area contributed by atoms with Gasteiger partial charge in [-0.15, -0.1) is 0 Å². The number of hydrogen-bond acceptors (Lipinski definition) is 5. The van der Waals surface area contributed by atoms with Gasteiger partial charge in [0, 0.05) is 25.6 Å². The summed E-state index contributed by atoms with van der Waals surface area (Å²) in [6.45, 7) is 5.16. The van der Waals surface area contributed by atoms with Gasteiger partial charge in [0.1, 0.15) is 11.5 Å². The average Bonchev–Trinajstić information content (AvgIpc) is 3.16. The standard InChI is InChI=1S/C16H25N3O4/c1-3-6-12-11-13(18-23-12)14-7-5-10-19(14)16(21)17-9-8-15(20)22-4-2/h11,14H,3-10H2,1-2H3,(H,17,21). The van der Waals surface area contributed by atoms with Crippen LogP contribution in [0.3, 0.4) is 0 Å². The van der Waals surface area contributed by atoms with E-state index in [0.29, 0.717) is 13.2 Å². The van der Waals surface area contributed by atoms with E-state index in [0.717, 1.165) is 37.1 Å². The van der Waals surface area contributed by atoms with Gasteiger partial charge in [0.05, 0.1) is 19.1 Å². The van der Waals surface area contributed by atoms with Crippen LogP contribution in [0.2, 0.25) is 0 Å². The molecule has 1 unspecified atom stereocenters. The number of nitrogens with zero attached hydrogens (tertiary/aromatic N) is 2. The van der Waals surface area contributed by atoms with E-state index in [1.54, 1.807) is 11.8 Å². The molecule has 0 aliphatic carbocycles. The zero-order chi connectivity index (χ0) is 16.7. The number of hydrogen-bond donors (Lipinski definition) is 1. The van der Waals surface area contributed by atoms with Crippen molar-refractivity contribution in [3.05, 3.63) is 17.5 Å². The van der Waals surface area contributed by atoms with Crippen molar-refractivity contribution in [2.45, 2.75) is 52.0 Å². The first-order chi connectivity index (χ1) is 11.2. The molecule has 0 aromatic carbocycles. The summed E-state index contributed by atoms with van der Waals surface area (Å²) in [6, 6.07) is 1.72. The van der Waals surface area contributed by atoms with E-state index < -0.39 is 0 Å². The van der Waals surface area contributed by atoms with Crippen molar-refractivity contribution < 1.29 is 18.8 Å². The number of carbonyl (C=O) groups excluding carboxylic acids is 2. The zero-order valence-electron chi connectivity index (χ0n) is 13.8. The minimum absolute atomic E-state index is 0.0491. The van der Waals surface area contributed by atoms with Crippen molar-refractivity contribution in [3.63, 3.8) is 0 Å². The summed E-state index contributed by atoms with van der Waals surface area (Å²) < 4.78 is 10.2. The number of likely N-dealkylation sites (tertiary alicyclic amines) is 1. The molecule has 7 nitrogen and oxygen atoms in total. The predicted octanol–water partition coefficient (Wildman–Crippen LogP) is 2.43. The van der Waals surface area contributed by atoms with E-state index >= 15 is 0 Å². The topological polar surface area (TPSA) is 84.7 Å². The lowest BCUT2D eigenvalue weighted by Crippen LogP contribution is -2.40. The van der Waals surface area contributed by atoms with Crippen molar-refractivity contribution in [2.24, 2.45) is 0 Å². The smallest absolute Gasteiger partial charge is 0.317 e. The van der Waals surface area contributed by atoms with Crippen molar-refractivity contribution in [1.29, 1.82) is 0 Å². The van der Waals surface area contributed by atoms with Crippen molar-refractivity contribution in [2.75, 3.05) is 19.7 Å². The first kappa shape index (κ1) is 17.3. The Balaban J connectivity index is 1.87. The molecule has 0 saturated carbocycles. The number of rotatable bonds is 7. The van der Waals surface area contributed by atoms with Crippen LogP contribution in [0, 0.1) is 0 Å². The highest BCUT2D eigenvalue weighted by atomic mass is 16.5. The second kappa shape index (κ2) is 8.55. The molecule has 1 aliphatic rings. The van der Waals surface area contributed by atoms with E-state index in [9.17, 15) is 9.59 Å². The number of urea groups is 1. The summed E-state index contributed by atoms with van der Waals surface area (Å²) in [4.78, 5) is 25.4. The monoisotopic (exact) mass is 323 g/mol. The van der Waals surface area contributed by atoms with Gasteiger partial charge >= 0.3 is 12.0 Å². The van der Waals surface area contributed by atoms with Gasteiger partial charge < -0.3 is 19.5 Å². The van der Waals surface area contributed by atoms with Crippen molar-refractivity contribution in [3.8, 4) is 0 Å². The van der Waals surface area contributed by atoms with Gasteiger partial charge in [0.2, 0.25) is 0 Å². The van der Waals surface area contributed by atoms with Crippen LogP contribution in [0.4, 0.5) is 4.79 Å². The summed E-state index contributed by atoms with van der Waals surface area (Å²) >= 11 is 0. The second-order valence-electron chi connectivity index (χ2n) is 5.61. The lowest BCUT2D eigenvalue weighted by molar-refractivity contribution is -0.142. The molecule has 23 heavy (non-hydrogen) atoms. The van der Waals surface area contributed by atoms with Gasteiger partial charge in [-0.1, -0.05) is 12.1 Å². The number of aryl methyl sites for hydroxylation is 1. The van der Waals surface area contributed by atoms with E-state index in [2.05, 4.69) is 17.4 Å². The molecule has 0 spiro atoms. The van der Waals surface area contributed by atoms with Gasteiger partial charge in [0.15, 0.2) is 0 Å². The Labute approximate surface area is 136 Å². The number of esters is 1. The second-order valence-corrected chi connectivity index (χ2v) is 5.61. The highest BCUT2D eigenvalue weighted by Crippen LogP contribution is 2.31. The number of amides is 2. The van der Waals surface area contributed by atoms with E-state index in [-0.39, 0.29) is 31.0 Å². The number of nitrogens with one attached hydrogen (secondary N) is 1. The van der Waals surface area contributed by atoms with Gasteiger partial charge in [-0.05, 0) is 26.2 Å². The van der Waals surface area contributed by atoms with E-state index in [1.807, 2.05) is 6.07 Å². The largest absolute Gasteiger partial charge is 0.466 e. The molecular formula is C16H25N3O4. The summed E-state index contributed by atoms with van der Waals surface area (Å²) in [5.74, 6) is 0.559. The molecule has 2 heterocycles. The molecule has 7 heteroatoms. The van der Waals surface area contributed by atoms with Crippen LogP contribution >= 0.6 is 0 Å². The zero-order valence-corrected chi connectivity index (χ0v) is 13.8. The maximum atomic E-state index is 12.3. The minimum Gasteiger partial charge on any atom is -0.466 e. The maximum absolute atomic E-state index is 12.3. The molecule has 1 fully saturated rings. The Kier molecular flexibility index (Phi) is 6.43. The Morgan fingerprint density at radius 3 is 3.04 bits per heavy atom. The minimum atomic E-state index is -0.300. The summed E-state index contributed by atoms with van der Waals surface area (Å²) in [7, 11) is 0. The van der Waals surface area contributed by atoms with Crippen LogP contribution in [0.1, 0.15) is 57.0 Å². The molecule has 2 rings (SSSR count). The van der Waals surface area contributed by atoms with Gasteiger partial charge in [0.25, 0.3) is 0 Å². The number of carbonyl (C=O) groups is 2. The third-order valence-electron chi connectivity index (χ3n) is 3.84. The van der Waals surface area contributed by atoms with E-state index in [4.69, 9.17) is 9.26 Å². The Morgan fingerprint density at radius 1 is 1.48 bits per heavy atom. The normalized spacial score (nSPS) is 17.3. The molecule has 128 valence electrons. The molecule has 1 aromatic rings. The quantitative estimate of drug-likeness (QED) is 0.779. The molecular weight excluding hydrogens is 298 g/mol. The van der Waals surface area contributed by atoms with Crippen LogP contribution < -0.4 is 5.32 Å². The molecule has 0 bridgehead atoms. The third-order valence-corrected chi connectivity index (χ3v) is 3.84. The summed E-state index contributed by atoms with van der Waals surface area (Å²) in [5, 5.41) is 6.88. The van der Waals surface area contributed by atoms with Crippen molar-refractivity contribution >= 4 is 12.0 Å². The van der Waals surface area contributed by atoms with Crippen LogP contribution in [-0.2, 0) is 16.0 Å². The molecule has 0 radical (unpaired) electrons. The fourth-order valence-corrected chi connectivity index (χ4v) is 2.77. The third kappa shape index (κ3) is 4.71. The first-order valence-corrected chi connectivity index (χ1v) is 8.31. The fourth-order valence-electron chi connectivity index (χ4n) is 2.77. The van der Waals surface area contributed by atoms with Gasteiger partial charge in [-0.3, -0.25) is 4.79 Å². The predicted molar refractivity (Wildman–Crippen MR) is 83.8 cm³/mol. The molecule has 1 aliphatic heterocycles. The number of ether oxygens (including phenoxy) is 1. The van der Waals surface area contributed by atoms with Crippen LogP contribution in [0.15, 0.2) is 10.6 Å². The lowest BCUT2D eigenvalue weighted by atomic mass is 10.1. The summed E-state index contributed by atoms with van der Waals surface area (Å²) in [5.41, 5.74) is 0.812. The van der Waals surface area contributed by atoms with Crippen LogP contribution in [0.5, 0.6) is 0 Å². The molecule has 1 aromatic heterocycles. The fraction of sp³-hybridized carbons (Fsp3) is 0.688. The SMILES string of the molecule is CCCc1cc(C2CCCN2C(=O)NCCC(=O)OCC)no1. The Bertz CT molecular complexity index is 529. The Hall–Kier alpha value is -2.05. The molecule has 1 saturated heterocycles. The first-order valence-electron chi connectivity index (χ1n) is 8.31. The molecule has 1 N–H and O–H groups in total. The Morgan fingerprint density at radius 2 is 2.30 bits per heavy atom. The maximum Gasteiger partial charge on any atom is 0.317 e. The highest BCUT2D eigenvalue weighted by molar-refractivity contribution is 5.76. The average molecular weight is 323 g/mol. The van der Waals surface area contributed by atoms with E-state index in [1.165, 1.54) is 0 Å². The highest BCUT2D eigenvalue weighted by Gasteiger charge is 2.32. The lowest BCUT2D eigenvalue weighted by Gasteiger charge is -2.23. The van der Waals surface area contributed by atoms with Crippen molar-refractivity contribution in [1.82, 2.24) is 15.4 Å². The van der Waals surface area contributed by atoms with Crippen LogP contribution in [0.25, 0.3) is 0 Å². The van der Waals surface area contributed by atoms with Gasteiger partial charge in [-0.2, -0.15) is 0 Å². The molecule has 2 amide bonds. The number of aromatic nitrogens is 1. The molecule has 1 atom stereocenters.